The van der Waals surface area contributed by atoms with E-state index in [1.807, 2.05) is 0 Å². The molecule has 2 heteroatoms. The molecule has 0 bridgehead atoms. The third-order valence-corrected chi connectivity index (χ3v) is 1.05. The molecule has 0 heterocycles. The summed E-state index contributed by atoms with van der Waals surface area (Å²) in [6.07, 6.45) is 6.87. The summed E-state index contributed by atoms with van der Waals surface area (Å²) in [7, 11) is 0. The summed E-state index contributed by atoms with van der Waals surface area (Å²) in [5, 5.41) is 0. The maximum Gasteiger partial charge on any atom is 0.0417 e. The predicted molar refractivity (Wildman–Crippen MR) is 45.9 cm³/mol. The molecule has 0 aromatic carbocycles. The number of nitrogens with two attached hydrogens (primary N) is 1. The van der Waals surface area contributed by atoms with Gasteiger partial charge in [0.1, 0.15) is 0 Å². The van der Waals surface area contributed by atoms with Crippen molar-refractivity contribution in [3.05, 3.63) is 25.1 Å². The minimum atomic E-state index is 0.958. The number of rotatable bonds is 4. The topological polar surface area (TPSA) is 38.4 Å². The Hall–Kier alpha value is -1.05. The van der Waals surface area contributed by atoms with Crippen LogP contribution in [0.5, 0.6) is 0 Å². The van der Waals surface area contributed by atoms with Gasteiger partial charge >= 0.3 is 0 Å². The van der Waals surface area contributed by atoms with Gasteiger partial charge in [-0.1, -0.05) is 19.9 Å². The highest BCUT2D eigenvalue weighted by atomic mass is 14.7. The lowest BCUT2D eigenvalue weighted by molar-refractivity contribution is 0.995. The summed E-state index contributed by atoms with van der Waals surface area (Å²) >= 11 is 0. The van der Waals surface area contributed by atoms with Crippen LogP contribution in [0.2, 0.25) is 0 Å². The monoisotopic (exact) mass is 138 g/mol. The first kappa shape index (κ1) is 8.95. The maximum atomic E-state index is 5.19. The van der Waals surface area contributed by atoms with E-state index in [4.69, 9.17) is 5.73 Å². The van der Waals surface area contributed by atoms with Gasteiger partial charge in [-0.3, -0.25) is 4.99 Å². The molecular weight excluding hydrogens is 124 g/mol. The molecule has 0 radical (unpaired) electrons. The molecule has 0 aliphatic carbocycles. The first-order chi connectivity index (χ1) is 4.85. The van der Waals surface area contributed by atoms with Gasteiger partial charge in [0, 0.05) is 11.9 Å². The van der Waals surface area contributed by atoms with Gasteiger partial charge in [0.2, 0.25) is 0 Å². The Morgan fingerprint density at radius 3 is 2.80 bits per heavy atom. The molecule has 0 saturated heterocycles. The van der Waals surface area contributed by atoms with Crippen molar-refractivity contribution in [1.82, 2.24) is 0 Å². The summed E-state index contributed by atoms with van der Waals surface area (Å²) in [6, 6.07) is 0. The van der Waals surface area contributed by atoms with Gasteiger partial charge < -0.3 is 5.73 Å². The molecule has 0 spiro atoms. The van der Waals surface area contributed by atoms with Gasteiger partial charge in [0.05, 0.1) is 0 Å². The molecule has 0 unspecified atom stereocenters. The fraction of sp³-hybridized carbons (Fsp3) is 0.375. The summed E-state index contributed by atoms with van der Waals surface area (Å²) in [4.78, 5) is 4.02. The van der Waals surface area contributed by atoms with Crippen LogP contribution in [0.3, 0.4) is 0 Å². The highest BCUT2D eigenvalue weighted by molar-refractivity contribution is 5.95. The highest BCUT2D eigenvalue weighted by Crippen LogP contribution is 1.93. The van der Waals surface area contributed by atoms with Gasteiger partial charge in [-0.2, -0.15) is 0 Å². The Bertz CT molecular complexity index is 145. The van der Waals surface area contributed by atoms with Gasteiger partial charge in [0.25, 0.3) is 0 Å². The standard InChI is InChI=1S/C8H14N2/c1-3-5-8(6-7-9)10-4-2/h4,6-7H,2-3,5,9H2,1H3/b7-6-,10-8-. The summed E-state index contributed by atoms with van der Waals surface area (Å²) in [5.74, 6) is 0. The average Bonchev–Trinajstić information content (AvgIpc) is 1.90. The molecule has 2 nitrogen and oxygen atoms in total. The largest absolute Gasteiger partial charge is 0.405 e. The summed E-state index contributed by atoms with van der Waals surface area (Å²) < 4.78 is 0. The van der Waals surface area contributed by atoms with E-state index in [2.05, 4.69) is 18.5 Å². The van der Waals surface area contributed by atoms with E-state index in [-0.39, 0.29) is 0 Å². The fourth-order valence-corrected chi connectivity index (χ4v) is 0.675. The first-order valence-electron chi connectivity index (χ1n) is 3.41. The van der Waals surface area contributed by atoms with Crippen molar-refractivity contribution in [2.75, 3.05) is 0 Å². The SMILES string of the molecule is C=C/N=C(\C=C/N)CCC. The Kier molecular flexibility index (Phi) is 5.44. The Morgan fingerprint density at radius 1 is 1.70 bits per heavy atom. The average molecular weight is 138 g/mol. The molecule has 0 saturated carbocycles. The second-order valence-corrected chi connectivity index (χ2v) is 1.91. The zero-order valence-corrected chi connectivity index (χ0v) is 6.38. The molecular formula is C8H14N2. The van der Waals surface area contributed by atoms with Crippen molar-refractivity contribution >= 4 is 5.71 Å². The van der Waals surface area contributed by atoms with Crippen LogP contribution >= 0.6 is 0 Å². The van der Waals surface area contributed by atoms with E-state index in [1.54, 1.807) is 6.08 Å². The molecule has 0 amide bonds. The van der Waals surface area contributed by atoms with Crippen LogP contribution in [0.15, 0.2) is 30.0 Å². The Balaban J connectivity index is 3.96. The summed E-state index contributed by atoms with van der Waals surface area (Å²) in [6.45, 7) is 5.60. The molecule has 0 aromatic heterocycles. The van der Waals surface area contributed by atoms with Crippen LogP contribution in [0.4, 0.5) is 0 Å². The van der Waals surface area contributed by atoms with Crippen LogP contribution < -0.4 is 5.73 Å². The highest BCUT2D eigenvalue weighted by Gasteiger charge is 1.88. The predicted octanol–water partition coefficient (Wildman–Crippen LogP) is 1.84. The minimum absolute atomic E-state index is 0.958. The molecule has 0 fully saturated rings. The van der Waals surface area contributed by atoms with E-state index in [0.717, 1.165) is 18.6 Å². The van der Waals surface area contributed by atoms with Crippen molar-refractivity contribution in [2.24, 2.45) is 10.7 Å². The molecule has 2 N–H and O–H groups in total. The third kappa shape index (κ3) is 3.89. The van der Waals surface area contributed by atoms with Crippen molar-refractivity contribution in [3.63, 3.8) is 0 Å². The maximum absolute atomic E-state index is 5.19. The lowest BCUT2D eigenvalue weighted by atomic mass is 10.2. The van der Waals surface area contributed by atoms with E-state index in [9.17, 15) is 0 Å². The van der Waals surface area contributed by atoms with E-state index < -0.39 is 0 Å². The lowest BCUT2D eigenvalue weighted by Crippen LogP contribution is -1.93. The number of hydrogen-bond donors (Lipinski definition) is 1. The molecule has 0 atom stereocenters. The van der Waals surface area contributed by atoms with Gasteiger partial charge in [0.15, 0.2) is 0 Å². The quantitative estimate of drug-likeness (QED) is 0.591. The van der Waals surface area contributed by atoms with Crippen LogP contribution in [0, 0.1) is 0 Å². The van der Waals surface area contributed by atoms with Crippen molar-refractivity contribution in [2.45, 2.75) is 19.8 Å². The van der Waals surface area contributed by atoms with Crippen LogP contribution in [0.1, 0.15) is 19.8 Å². The first-order valence-corrected chi connectivity index (χ1v) is 3.41. The molecule has 0 aliphatic rings. The second kappa shape index (κ2) is 6.08. The van der Waals surface area contributed by atoms with Gasteiger partial charge in [-0.25, -0.2) is 0 Å². The van der Waals surface area contributed by atoms with E-state index in [0.29, 0.717) is 0 Å². The zero-order valence-electron chi connectivity index (χ0n) is 6.38. The van der Waals surface area contributed by atoms with Crippen LogP contribution in [0.25, 0.3) is 0 Å². The van der Waals surface area contributed by atoms with E-state index in [1.165, 1.54) is 12.4 Å². The Labute approximate surface area is 62.1 Å². The van der Waals surface area contributed by atoms with Crippen LogP contribution in [-0.2, 0) is 0 Å². The number of allylic oxidation sites excluding steroid dienone is 1. The second-order valence-electron chi connectivity index (χ2n) is 1.91. The molecule has 10 heavy (non-hydrogen) atoms. The van der Waals surface area contributed by atoms with Crippen LogP contribution in [-0.4, -0.2) is 5.71 Å². The number of aliphatic imine (C=N–C) groups is 1. The van der Waals surface area contributed by atoms with Gasteiger partial charge in [-0.15, -0.1) is 0 Å². The Morgan fingerprint density at radius 2 is 2.40 bits per heavy atom. The summed E-state index contributed by atoms with van der Waals surface area (Å²) in [5.41, 5.74) is 6.18. The fourth-order valence-electron chi connectivity index (χ4n) is 0.675. The van der Waals surface area contributed by atoms with Crippen molar-refractivity contribution < 1.29 is 0 Å². The minimum Gasteiger partial charge on any atom is -0.405 e. The molecule has 0 rings (SSSR count). The van der Waals surface area contributed by atoms with Crippen molar-refractivity contribution in [1.29, 1.82) is 0 Å². The third-order valence-electron chi connectivity index (χ3n) is 1.05. The lowest BCUT2D eigenvalue weighted by Gasteiger charge is -1.93. The molecule has 0 aliphatic heterocycles. The molecule has 56 valence electrons. The van der Waals surface area contributed by atoms with E-state index >= 15 is 0 Å². The molecule has 0 aromatic rings. The number of hydrogen-bond acceptors (Lipinski definition) is 2. The van der Waals surface area contributed by atoms with Crippen molar-refractivity contribution in [3.8, 4) is 0 Å². The van der Waals surface area contributed by atoms with Gasteiger partial charge in [-0.05, 0) is 18.7 Å². The smallest absolute Gasteiger partial charge is 0.0417 e. The number of nitrogens with zero attached hydrogens (tertiary/aromatic N) is 1. The zero-order chi connectivity index (χ0) is 7.82. The normalized spacial score (nSPS) is 12.3.